The number of aromatic nitrogens is 1. The molecule has 0 aliphatic rings. The van der Waals surface area contributed by atoms with Crippen molar-refractivity contribution < 1.29 is 14.8 Å². The van der Waals surface area contributed by atoms with Crippen molar-refractivity contribution >= 4 is 12.6 Å². The van der Waals surface area contributed by atoms with Gasteiger partial charge in [0.25, 0.3) is 0 Å². The van der Waals surface area contributed by atoms with Crippen LogP contribution in [0.1, 0.15) is 12.1 Å². The lowest BCUT2D eigenvalue weighted by Gasteiger charge is -2.02. The van der Waals surface area contributed by atoms with E-state index in [1.165, 1.54) is 6.20 Å². The number of ether oxygens (including phenoxy) is 1. The van der Waals surface area contributed by atoms with Crippen molar-refractivity contribution in [3.8, 4) is 0 Å². The molecule has 1 aromatic rings. The number of methoxy groups -OCH3 is 1. The van der Waals surface area contributed by atoms with E-state index in [0.29, 0.717) is 12.1 Å². The van der Waals surface area contributed by atoms with Crippen molar-refractivity contribution in [2.24, 2.45) is 0 Å². The van der Waals surface area contributed by atoms with E-state index in [9.17, 15) is 0 Å². The lowest BCUT2D eigenvalue weighted by Crippen LogP contribution is -2.30. The zero-order valence-corrected chi connectivity index (χ0v) is 8.18. The van der Waals surface area contributed by atoms with Crippen LogP contribution in [0.3, 0.4) is 0 Å². The molecule has 0 unspecified atom stereocenters. The first-order valence-corrected chi connectivity index (χ1v) is 4.54. The number of hydrogen-bond donors (Lipinski definition) is 2. The lowest BCUT2D eigenvalue weighted by atomic mass is 9.81. The zero-order chi connectivity index (χ0) is 10.4. The van der Waals surface area contributed by atoms with Crippen LogP contribution in [0.5, 0.6) is 0 Å². The lowest BCUT2D eigenvalue weighted by molar-refractivity contribution is 0.195. The van der Waals surface area contributed by atoms with Crippen LogP contribution in [-0.2, 0) is 11.2 Å². The van der Waals surface area contributed by atoms with Crippen LogP contribution in [0.2, 0.25) is 0 Å². The van der Waals surface area contributed by atoms with Crippen LogP contribution < -0.4 is 5.46 Å². The van der Waals surface area contributed by atoms with E-state index in [2.05, 4.69) is 4.98 Å². The summed E-state index contributed by atoms with van der Waals surface area (Å²) >= 11 is 0. The maximum atomic E-state index is 8.82. The predicted molar refractivity (Wildman–Crippen MR) is 54.3 cm³/mol. The maximum Gasteiger partial charge on any atom is 0.490 e. The van der Waals surface area contributed by atoms with Crippen molar-refractivity contribution in [2.45, 2.75) is 12.8 Å². The first kappa shape index (κ1) is 11.2. The van der Waals surface area contributed by atoms with Gasteiger partial charge in [-0.1, -0.05) is 6.07 Å². The molecule has 5 heteroatoms. The quantitative estimate of drug-likeness (QED) is 0.483. The zero-order valence-electron chi connectivity index (χ0n) is 8.18. The molecule has 0 bridgehead atoms. The molecule has 0 saturated carbocycles. The molecule has 0 radical (unpaired) electrons. The average molecular weight is 195 g/mol. The van der Waals surface area contributed by atoms with Crippen LogP contribution in [-0.4, -0.2) is 35.9 Å². The molecule has 1 aromatic heterocycles. The molecule has 4 nitrogen and oxygen atoms in total. The molecule has 76 valence electrons. The summed E-state index contributed by atoms with van der Waals surface area (Å²) in [4.78, 5) is 4.10. The Morgan fingerprint density at radius 3 is 2.71 bits per heavy atom. The Morgan fingerprint density at radius 1 is 1.43 bits per heavy atom. The van der Waals surface area contributed by atoms with Gasteiger partial charge in [-0.2, -0.15) is 0 Å². The fraction of sp³-hybridized carbons (Fsp3) is 0.444. The third kappa shape index (κ3) is 3.45. The Labute approximate surface area is 83.7 Å². The van der Waals surface area contributed by atoms with E-state index in [1.54, 1.807) is 19.2 Å². The molecule has 0 aliphatic heterocycles. The minimum Gasteiger partial charge on any atom is -0.423 e. The highest BCUT2D eigenvalue weighted by Gasteiger charge is 2.10. The molecule has 0 aliphatic carbocycles. The van der Waals surface area contributed by atoms with Crippen LogP contribution in [0.25, 0.3) is 0 Å². The summed E-state index contributed by atoms with van der Waals surface area (Å²) in [6.07, 6.45) is 3.24. The first-order valence-electron chi connectivity index (χ1n) is 4.54. The van der Waals surface area contributed by atoms with Gasteiger partial charge in [-0.15, -0.1) is 0 Å². The summed E-state index contributed by atoms with van der Waals surface area (Å²) in [6, 6.07) is 3.46. The number of pyridine rings is 1. The van der Waals surface area contributed by atoms with Crippen molar-refractivity contribution in [1.82, 2.24) is 4.98 Å². The minimum atomic E-state index is -1.43. The maximum absolute atomic E-state index is 8.82. The molecule has 0 saturated heterocycles. The van der Waals surface area contributed by atoms with E-state index >= 15 is 0 Å². The van der Waals surface area contributed by atoms with Crippen molar-refractivity contribution in [3.63, 3.8) is 0 Å². The van der Waals surface area contributed by atoms with Gasteiger partial charge in [0.05, 0.1) is 0 Å². The van der Waals surface area contributed by atoms with Crippen molar-refractivity contribution in [3.05, 3.63) is 24.0 Å². The standard InChI is InChI=1S/C9H14BNO3/c1-14-6-2-3-9-5-4-8(7-11-9)10(12)13/h4-5,7,12-13H,2-3,6H2,1H3. The largest absolute Gasteiger partial charge is 0.490 e. The van der Waals surface area contributed by atoms with Crippen LogP contribution in [0, 0.1) is 0 Å². The van der Waals surface area contributed by atoms with Gasteiger partial charge in [-0.25, -0.2) is 0 Å². The summed E-state index contributed by atoms with van der Waals surface area (Å²) in [6.45, 7) is 0.714. The molecular weight excluding hydrogens is 181 g/mol. The van der Waals surface area contributed by atoms with Gasteiger partial charge in [0.15, 0.2) is 0 Å². The van der Waals surface area contributed by atoms with Crippen LogP contribution in [0.15, 0.2) is 18.3 Å². The Kier molecular flexibility index (Phi) is 4.59. The predicted octanol–water partition coefficient (Wildman–Crippen LogP) is -0.660. The molecule has 1 heterocycles. The summed E-state index contributed by atoms with van der Waals surface area (Å²) < 4.78 is 4.92. The monoisotopic (exact) mass is 195 g/mol. The molecule has 2 N–H and O–H groups in total. The van der Waals surface area contributed by atoms with Gasteiger partial charge >= 0.3 is 7.12 Å². The second-order valence-electron chi connectivity index (χ2n) is 3.05. The van der Waals surface area contributed by atoms with Crippen LogP contribution >= 0.6 is 0 Å². The fourth-order valence-corrected chi connectivity index (χ4v) is 1.13. The normalized spacial score (nSPS) is 10.2. The van der Waals surface area contributed by atoms with Gasteiger partial charge in [-0.05, 0) is 18.9 Å². The summed E-state index contributed by atoms with van der Waals surface area (Å²) in [5.74, 6) is 0. The second-order valence-corrected chi connectivity index (χ2v) is 3.05. The third-order valence-electron chi connectivity index (χ3n) is 1.93. The number of rotatable bonds is 5. The average Bonchev–Trinajstić information content (AvgIpc) is 2.19. The van der Waals surface area contributed by atoms with E-state index in [-0.39, 0.29) is 0 Å². The highest BCUT2D eigenvalue weighted by Crippen LogP contribution is 1.97. The summed E-state index contributed by atoms with van der Waals surface area (Å²) in [7, 11) is 0.231. The highest BCUT2D eigenvalue weighted by molar-refractivity contribution is 6.58. The third-order valence-corrected chi connectivity index (χ3v) is 1.93. The second kappa shape index (κ2) is 5.75. The Hall–Kier alpha value is -0.905. The van der Waals surface area contributed by atoms with E-state index in [0.717, 1.165) is 18.5 Å². The summed E-state index contributed by atoms with van der Waals surface area (Å²) in [5.41, 5.74) is 1.35. The number of nitrogens with zero attached hydrogens (tertiary/aromatic N) is 1. The molecule has 0 amide bonds. The molecule has 0 aromatic carbocycles. The van der Waals surface area contributed by atoms with Gasteiger partial charge in [-0.3, -0.25) is 4.98 Å². The molecule has 0 fully saturated rings. The first-order chi connectivity index (χ1) is 6.74. The Morgan fingerprint density at radius 2 is 2.21 bits per heavy atom. The minimum absolute atomic E-state index is 0.417. The topological polar surface area (TPSA) is 62.6 Å². The Bertz CT molecular complexity index is 263. The Balaban J connectivity index is 2.47. The van der Waals surface area contributed by atoms with Gasteiger partial charge < -0.3 is 14.8 Å². The summed E-state index contributed by atoms with van der Waals surface area (Å²) in [5, 5.41) is 17.6. The molecule has 14 heavy (non-hydrogen) atoms. The van der Waals surface area contributed by atoms with Gasteiger partial charge in [0, 0.05) is 31.1 Å². The highest BCUT2D eigenvalue weighted by atomic mass is 16.5. The smallest absolute Gasteiger partial charge is 0.423 e. The number of aryl methyl sites for hydroxylation is 1. The molecular formula is C9H14BNO3. The van der Waals surface area contributed by atoms with Crippen LogP contribution in [0.4, 0.5) is 0 Å². The number of hydrogen-bond acceptors (Lipinski definition) is 4. The SMILES string of the molecule is COCCCc1ccc(B(O)O)cn1. The van der Waals surface area contributed by atoms with Gasteiger partial charge in [0.2, 0.25) is 0 Å². The molecule has 0 atom stereocenters. The van der Waals surface area contributed by atoms with E-state index < -0.39 is 7.12 Å². The van der Waals surface area contributed by atoms with Gasteiger partial charge in [0.1, 0.15) is 0 Å². The van der Waals surface area contributed by atoms with E-state index in [4.69, 9.17) is 14.8 Å². The van der Waals surface area contributed by atoms with Crippen molar-refractivity contribution in [2.75, 3.05) is 13.7 Å². The molecule has 1 rings (SSSR count). The molecule has 0 spiro atoms. The van der Waals surface area contributed by atoms with Crippen molar-refractivity contribution in [1.29, 1.82) is 0 Å². The fourth-order valence-electron chi connectivity index (χ4n) is 1.13. The van der Waals surface area contributed by atoms with E-state index in [1.807, 2.05) is 0 Å².